The van der Waals surface area contributed by atoms with Gasteiger partial charge in [-0.2, -0.15) is 0 Å². The number of hydrogen-bond acceptors (Lipinski definition) is 3. The van der Waals surface area contributed by atoms with Crippen LogP contribution in [0.5, 0.6) is 5.75 Å². The smallest absolute Gasteiger partial charge is 0.142 e. The number of nitrogens with zero attached hydrogens (tertiary/aromatic N) is 1. The number of anilines is 1. The lowest BCUT2D eigenvalue weighted by Crippen LogP contribution is -2.48. The van der Waals surface area contributed by atoms with Gasteiger partial charge in [0.15, 0.2) is 0 Å². The minimum Gasteiger partial charge on any atom is -0.492 e. The summed E-state index contributed by atoms with van der Waals surface area (Å²) in [5.41, 5.74) is 1.30. The molecule has 19 heavy (non-hydrogen) atoms. The van der Waals surface area contributed by atoms with Gasteiger partial charge < -0.3 is 15.0 Å². The van der Waals surface area contributed by atoms with E-state index in [4.69, 9.17) is 4.74 Å². The highest BCUT2D eigenvalue weighted by molar-refractivity contribution is 5.61. The van der Waals surface area contributed by atoms with Gasteiger partial charge in [0.05, 0.1) is 12.3 Å². The van der Waals surface area contributed by atoms with E-state index in [9.17, 15) is 0 Å². The first-order valence-corrected chi connectivity index (χ1v) is 7.51. The summed E-state index contributed by atoms with van der Waals surface area (Å²) in [5, 5.41) is 3.46. The fourth-order valence-corrected chi connectivity index (χ4v) is 3.75. The number of benzene rings is 1. The molecule has 0 saturated carbocycles. The Kier molecular flexibility index (Phi) is 3.65. The van der Waals surface area contributed by atoms with E-state index in [1.807, 2.05) is 0 Å². The summed E-state index contributed by atoms with van der Waals surface area (Å²) in [5.74, 6) is 1.05. The van der Waals surface area contributed by atoms with Crippen LogP contribution < -0.4 is 15.0 Å². The number of para-hydroxylation sites is 2. The fraction of sp³-hybridized carbons (Fsp3) is 0.625. The number of hydrogen-bond donors (Lipinski definition) is 1. The highest BCUT2D eigenvalue weighted by Crippen LogP contribution is 2.42. The maximum atomic E-state index is 5.81. The Bertz CT molecular complexity index is 421. The first-order valence-electron chi connectivity index (χ1n) is 7.51. The summed E-state index contributed by atoms with van der Waals surface area (Å²) in [6.07, 6.45) is 5.16. The van der Waals surface area contributed by atoms with Gasteiger partial charge >= 0.3 is 0 Å². The van der Waals surface area contributed by atoms with Gasteiger partial charge in [-0.15, -0.1) is 0 Å². The Morgan fingerprint density at radius 3 is 2.53 bits per heavy atom. The number of fused-ring (bicyclic) bond motifs is 2. The van der Waals surface area contributed by atoms with Crippen LogP contribution in [0.25, 0.3) is 0 Å². The zero-order valence-electron chi connectivity index (χ0n) is 11.9. The van der Waals surface area contributed by atoms with E-state index < -0.39 is 0 Å². The number of nitrogens with one attached hydrogen (secondary N) is 1. The van der Waals surface area contributed by atoms with Gasteiger partial charge in [-0.25, -0.2) is 0 Å². The molecule has 0 spiro atoms. The van der Waals surface area contributed by atoms with Crippen LogP contribution in [0.1, 0.15) is 32.6 Å². The standard InChI is InChI=1S/C16H24N2O/c1-3-19-16-7-5-4-6-15(16)18-13-8-9-14(18)11-12(10-13)17-2/h4-7,12-14,17H,3,8-11H2,1-2H3. The van der Waals surface area contributed by atoms with E-state index in [2.05, 4.69) is 48.5 Å². The normalized spacial score (nSPS) is 29.6. The molecule has 2 unspecified atom stereocenters. The Balaban J connectivity index is 1.87. The predicted molar refractivity (Wildman–Crippen MR) is 79.0 cm³/mol. The third kappa shape index (κ3) is 2.32. The summed E-state index contributed by atoms with van der Waals surface area (Å²) >= 11 is 0. The van der Waals surface area contributed by atoms with Crippen LogP contribution in [0.4, 0.5) is 5.69 Å². The van der Waals surface area contributed by atoms with Gasteiger partial charge in [-0.3, -0.25) is 0 Å². The summed E-state index contributed by atoms with van der Waals surface area (Å²) < 4.78 is 5.81. The third-order valence-electron chi connectivity index (χ3n) is 4.58. The van der Waals surface area contributed by atoms with E-state index in [1.165, 1.54) is 31.4 Å². The summed E-state index contributed by atoms with van der Waals surface area (Å²) in [7, 11) is 2.09. The molecule has 1 aromatic carbocycles. The molecule has 3 heteroatoms. The molecule has 2 saturated heterocycles. The first-order chi connectivity index (χ1) is 9.33. The second-order valence-electron chi connectivity index (χ2n) is 5.65. The van der Waals surface area contributed by atoms with Crippen molar-refractivity contribution in [1.29, 1.82) is 0 Å². The van der Waals surface area contributed by atoms with Gasteiger partial charge in [0.25, 0.3) is 0 Å². The maximum absolute atomic E-state index is 5.81. The van der Waals surface area contributed by atoms with Crippen LogP contribution >= 0.6 is 0 Å². The van der Waals surface area contributed by atoms with E-state index >= 15 is 0 Å². The second kappa shape index (κ2) is 5.41. The highest BCUT2D eigenvalue weighted by atomic mass is 16.5. The van der Waals surface area contributed by atoms with Crippen molar-refractivity contribution in [3.05, 3.63) is 24.3 Å². The van der Waals surface area contributed by atoms with Crippen molar-refractivity contribution in [3.8, 4) is 5.75 Å². The molecule has 2 aliphatic heterocycles. The van der Waals surface area contributed by atoms with Crippen LogP contribution in [0.15, 0.2) is 24.3 Å². The summed E-state index contributed by atoms with van der Waals surface area (Å²) in [6.45, 7) is 2.79. The van der Waals surface area contributed by atoms with Gasteiger partial charge in [-0.1, -0.05) is 12.1 Å². The van der Waals surface area contributed by atoms with Gasteiger partial charge in [-0.05, 0) is 51.8 Å². The number of ether oxygens (including phenoxy) is 1. The molecule has 1 aromatic rings. The Labute approximate surface area is 115 Å². The van der Waals surface area contributed by atoms with Crippen molar-refractivity contribution in [3.63, 3.8) is 0 Å². The largest absolute Gasteiger partial charge is 0.492 e. The Morgan fingerprint density at radius 2 is 1.89 bits per heavy atom. The molecule has 0 aliphatic carbocycles. The van der Waals surface area contributed by atoms with E-state index in [0.717, 1.165) is 12.4 Å². The van der Waals surface area contributed by atoms with Crippen LogP contribution in [0, 0.1) is 0 Å². The molecule has 2 aliphatic rings. The topological polar surface area (TPSA) is 24.5 Å². The van der Waals surface area contributed by atoms with Crippen LogP contribution in [-0.4, -0.2) is 31.8 Å². The molecule has 2 heterocycles. The monoisotopic (exact) mass is 260 g/mol. The number of rotatable bonds is 4. The zero-order valence-corrected chi connectivity index (χ0v) is 11.9. The highest BCUT2D eigenvalue weighted by Gasteiger charge is 2.41. The van der Waals surface area contributed by atoms with Gasteiger partial charge in [0.1, 0.15) is 5.75 Å². The minimum atomic E-state index is 0.679. The summed E-state index contributed by atoms with van der Waals surface area (Å²) in [6, 6.07) is 10.6. The minimum absolute atomic E-state index is 0.679. The Hall–Kier alpha value is -1.22. The average Bonchev–Trinajstić information content (AvgIpc) is 2.70. The molecule has 2 atom stereocenters. The van der Waals surface area contributed by atoms with E-state index in [-0.39, 0.29) is 0 Å². The lowest BCUT2D eigenvalue weighted by Gasteiger charge is -2.41. The molecule has 0 amide bonds. The SMILES string of the molecule is CCOc1ccccc1N1C2CCC1CC(NC)C2. The molecule has 0 radical (unpaired) electrons. The van der Waals surface area contributed by atoms with Crippen LogP contribution in [0.2, 0.25) is 0 Å². The molecule has 104 valence electrons. The lowest BCUT2D eigenvalue weighted by atomic mass is 9.96. The predicted octanol–water partition coefficient (Wildman–Crippen LogP) is 2.80. The lowest BCUT2D eigenvalue weighted by molar-refractivity contribution is 0.332. The van der Waals surface area contributed by atoms with Gasteiger partial charge in [0.2, 0.25) is 0 Å². The number of piperidine rings is 1. The maximum Gasteiger partial charge on any atom is 0.142 e. The third-order valence-corrected chi connectivity index (χ3v) is 4.58. The van der Waals surface area contributed by atoms with Crippen molar-refractivity contribution < 1.29 is 4.74 Å². The van der Waals surface area contributed by atoms with Crippen molar-refractivity contribution in [2.24, 2.45) is 0 Å². The zero-order chi connectivity index (χ0) is 13.2. The molecule has 0 aromatic heterocycles. The second-order valence-corrected chi connectivity index (χ2v) is 5.65. The van der Waals surface area contributed by atoms with Crippen LogP contribution in [-0.2, 0) is 0 Å². The molecule has 2 fully saturated rings. The summed E-state index contributed by atoms with van der Waals surface area (Å²) in [4.78, 5) is 2.62. The van der Waals surface area contributed by atoms with Crippen molar-refractivity contribution in [2.45, 2.75) is 50.7 Å². The molecule has 1 N–H and O–H groups in total. The molecule has 3 rings (SSSR count). The molecule has 2 bridgehead atoms. The Morgan fingerprint density at radius 1 is 1.21 bits per heavy atom. The van der Waals surface area contributed by atoms with Crippen LogP contribution in [0.3, 0.4) is 0 Å². The van der Waals surface area contributed by atoms with E-state index in [1.54, 1.807) is 0 Å². The van der Waals surface area contributed by atoms with Crippen molar-refractivity contribution >= 4 is 5.69 Å². The molecular formula is C16H24N2O. The van der Waals surface area contributed by atoms with E-state index in [0.29, 0.717) is 18.1 Å². The average molecular weight is 260 g/mol. The van der Waals surface area contributed by atoms with Crippen molar-refractivity contribution in [2.75, 3.05) is 18.6 Å². The molecular weight excluding hydrogens is 236 g/mol. The first kappa shape index (κ1) is 12.8. The van der Waals surface area contributed by atoms with Crippen molar-refractivity contribution in [1.82, 2.24) is 5.32 Å². The molecule has 3 nitrogen and oxygen atoms in total. The fourth-order valence-electron chi connectivity index (χ4n) is 3.75. The quantitative estimate of drug-likeness (QED) is 0.901. The van der Waals surface area contributed by atoms with Gasteiger partial charge in [0, 0.05) is 18.1 Å².